The van der Waals surface area contributed by atoms with E-state index in [9.17, 15) is 19.2 Å². The molecule has 0 saturated heterocycles. The van der Waals surface area contributed by atoms with E-state index in [2.05, 4.69) is 0 Å². The molecule has 0 aliphatic carbocycles. The van der Waals surface area contributed by atoms with Gasteiger partial charge in [0.25, 0.3) is 11.8 Å². The predicted octanol–water partition coefficient (Wildman–Crippen LogP) is 1.47. The van der Waals surface area contributed by atoms with Crippen molar-refractivity contribution in [3.05, 3.63) is 70.8 Å². The van der Waals surface area contributed by atoms with E-state index in [1.165, 1.54) is 12.1 Å². The third kappa shape index (κ3) is 3.25. The van der Waals surface area contributed by atoms with Crippen LogP contribution in [0.5, 0.6) is 0 Å². The molecule has 2 aromatic rings. The molecule has 0 fully saturated rings. The normalized spacial score (nSPS) is 12.9. The molecule has 1 heterocycles. The second-order valence-electron chi connectivity index (χ2n) is 5.47. The fourth-order valence-corrected chi connectivity index (χ4v) is 2.48. The van der Waals surface area contributed by atoms with Crippen LogP contribution in [0, 0.1) is 0 Å². The third-order valence-corrected chi connectivity index (χ3v) is 3.81. The van der Waals surface area contributed by atoms with Crippen LogP contribution in [0.1, 0.15) is 43.1 Å². The zero-order chi connectivity index (χ0) is 18.0. The molecule has 7 heteroatoms. The van der Waals surface area contributed by atoms with E-state index >= 15 is 0 Å². The van der Waals surface area contributed by atoms with Crippen LogP contribution in [0.2, 0.25) is 0 Å². The van der Waals surface area contributed by atoms with Gasteiger partial charge in [0.15, 0.2) is 0 Å². The number of carbonyl (C=O) groups excluding carboxylic acids is 4. The minimum absolute atomic E-state index is 0.0245. The topological polar surface area (TPSA) is 107 Å². The lowest BCUT2D eigenvalue weighted by Gasteiger charge is -2.12. The van der Waals surface area contributed by atoms with Gasteiger partial charge >= 0.3 is 5.97 Å². The molecule has 25 heavy (non-hydrogen) atoms. The first-order valence-corrected chi connectivity index (χ1v) is 7.54. The number of aryl methyl sites for hydroxylation is 1. The van der Waals surface area contributed by atoms with E-state index < -0.39 is 23.7 Å². The molecule has 0 radical (unpaired) electrons. The number of hydrogen-bond donors (Lipinski definition) is 1. The van der Waals surface area contributed by atoms with E-state index in [-0.39, 0.29) is 17.5 Å². The van der Waals surface area contributed by atoms with E-state index in [0.717, 1.165) is 5.56 Å². The van der Waals surface area contributed by atoms with Crippen LogP contribution in [0.15, 0.2) is 48.5 Å². The van der Waals surface area contributed by atoms with Crippen molar-refractivity contribution in [3.63, 3.8) is 0 Å². The van der Waals surface area contributed by atoms with Crippen LogP contribution >= 0.6 is 0 Å². The van der Waals surface area contributed by atoms with Gasteiger partial charge in [-0.1, -0.05) is 29.3 Å². The first kappa shape index (κ1) is 16.4. The summed E-state index contributed by atoms with van der Waals surface area (Å²) in [6, 6.07) is 12.7. The molecule has 0 bridgehead atoms. The van der Waals surface area contributed by atoms with Gasteiger partial charge in [-0.15, -0.1) is 0 Å². The van der Waals surface area contributed by atoms with Crippen molar-refractivity contribution < 1.29 is 24.0 Å². The predicted molar refractivity (Wildman–Crippen MR) is 86.3 cm³/mol. The first-order chi connectivity index (χ1) is 12.0. The lowest BCUT2D eigenvalue weighted by molar-refractivity contribution is -0.168. The molecule has 0 aromatic heterocycles. The van der Waals surface area contributed by atoms with Gasteiger partial charge in [-0.05, 0) is 36.2 Å². The van der Waals surface area contributed by atoms with Gasteiger partial charge in [0.1, 0.15) is 0 Å². The van der Waals surface area contributed by atoms with Gasteiger partial charge in [0.05, 0.1) is 17.5 Å². The number of amides is 3. The third-order valence-electron chi connectivity index (χ3n) is 3.81. The molecule has 2 aromatic carbocycles. The summed E-state index contributed by atoms with van der Waals surface area (Å²) in [5.74, 6) is -2.54. The highest BCUT2D eigenvalue weighted by molar-refractivity contribution is 6.20. The van der Waals surface area contributed by atoms with E-state index in [4.69, 9.17) is 10.6 Å². The molecule has 2 N–H and O–H groups in total. The number of nitrogens with zero attached hydrogens (tertiary/aromatic N) is 1. The van der Waals surface area contributed by atoms with Gasteiger partial charge in [0.2, 0.25) is 5.91 Å². The SMILES string of the molecule is NC(=O)c1ccc(CCC(=O)ON2C(=O)c3ccccc3C2=O)cc1. The maximum absolute atomic E-state index is 12.1. The van der Waals surface area contributed by atoms with Gasteiger partial charge < -0.3 is 10.6 Å². The van der Waals surface area contributed by atoms with Crippen LogP contribution in [0.4, 0.5) is 0 Å². The van der Waals surface area contributed by atoms with Crippen LogP contribution in [-0.4, -0.2) is 28.8 Å². The lowest BCUT2D eigenvalue weighted by atomic mass is 10.1. The zero-order valence-electron chi connectivity index (χ0n) is 13.1. The summed E-state index contributed by atoms with van der Waals surface area (Å²) in [5, 5.41) is 0.489. The van der Waals surface area contributed by atoms with Crippen LogP contribution < -0.4 is 5.73 Å². The largest absolute Gasteiger partial charge is 0.366 e. The average Bonchev–Trinajstić information content (AvgIpc) is 2.86. The summed E-state index contributed by atoms with van der Waals surface area (Å²) < 4.78 is 0. The Morgan fingerprint density at radius 2 is 1.48 bits per heavy atom. The standard InChI is InChI=1S/C18H14N2O5/c19-16(22)12-8-5-11(6-9-12)7-10-15(21)25-20-17(23)13-3-1-2-4-14(13)18(20)24/h1-6,8-9H,7,10H2,(H2,19,22). The number of hydroxylamine groups is 2. The molecule has 0 spiro atoms. The molecule has 126 valence electrons. The Morgan fingerprint density at radius 3 is 2.00 bits per heavy atom. The van der Waals surface area contributed by atoms with Crippen LogP contribution in [-0.2, 0) is 16.1 Å². The van der Waals surface area contributed by atoms with Crippen molar-refractivity contribution in [1.82, 2.24) is 5.06 Å². The van der Waals surface area contributed by atoms with E-state index in [1.807, 2.05) is 0 Å². The summed E-state index contributed by atoms with van der Waals surface area (Å²) in [4.78, 5) is 52.1. The zero-order valence-corrected chi connectivity index (χ0v) is 13.1. The molecule has 0 unspecified atom stereocenters. The fraction of sp³-hybridized carbons (Fsp3) is 0.111. The molecule has 0 atom stereocenters. The van der Waals surface area contributed by atoms with Gasteiger partial charge in [-0.25, -0.2) is 4.79 Å². The fourth-order valence-electron chi connectivity index (χ4n) is 2.48. The average molecular weight is 338 g/mol. The molecule has 1 aliphatic heterocycles. The molecule has 3 amide bonds. The molecule has 1 aliphatic rings. The number of benzene rings is 2. The number of hydrogen-bond acceptors (Lipinski definition) is 5. The summed E-state index contributed by atoms with van der Waals surface area (Å²) in [5.41, 5.74) is 6.75. The monoisotopic (exact) mass is 338 g/mol. The summed E-state index contributed by atoms with van der Waals surface area (Å²) in [6.45, 7) is 0. The summed E-state index contributed by atoms with van der Waals surface area (Å²) in [7, 11) is 0. The van der Waals surface area contributed by atoms with Crippen LogP contribution in [0.3, 0.4) is 0 Å². The van der Waals surface area contributed by atoms with Crippen molar-refractivity contribution >= 4 is 23.7 Å². The van der Waals surface area contributed by atoms with E-state index in [0.29, 0.717) is 17.0 Å². The molecular formula is C18H14N2O5. The molecule has 7 nitrogen and oxygen atoms in total. The van der Waals surface area contributed by atoms with Crippen LogP contribution in [0.25, 0.3) is 0 Å². The highest BCUT2D eigenvalue weighted by Gasteiger charge is 2.38. The second-order valence-corrected chi connectivity index (χ2v) is 5.47. The van der Waals surface area contributed by atoms with Crippen molar-refractivity contribution in [1.29, 1.82) is 0 Å². The molecular weight excluding hydrogens is 324 g/mol. The van der Waals surface area contributed by atoms with Gasteiger partial charge in [-0.2, -0.15) is 0 Å². The number of nitrogens with two attached hydrogens (primary N) is 1. The Bertz CT molecular complexity index is 838. The Hall–Kier alpha value is -3.48. The minimum atomic E-state index is -0.700. The summed E-state index contributed by atoms with van der Waals surface area (Å²) in [6.07, 6.45) is 0.310. The maximum Gasteiger partial charge on any atom is 0.333 e. The summed E-state index contributed by atoms with van der Waals surface area (Å²) >= 11 is 0. The Balaban J connectivity index is 1.59. The Labute approximate surface area is 142 Å². The second kappa shape index (κ2) is 6.56. The number of carbonyl (C=O) groups is 4. The van der Waals surface area contributed by atoms with E-state index in [1.54, 1.807) is 36.4 Å². The lowest BCUT2D eigenvalue weighted by Crippen LogP contribution is -2.32. The number of rotatable bonds is 5. The van der Waals surface area contributed by atoms with Crippen molar-refractivity contribution in [3.8, 4) is 0 Å². The highest BCUT2D eigenvalue weighted by atomic mass is 16.7. The number of primary amides is 1. The van der Waals surface area contributed by atoms with Gasteiger partial charge in [0, 0.05) is 5.56 Å². The van der Waals surface area contributed by atoms with Crippen molar-refractivity contribution in [2.24, 2.45) is 5.73 Å². The number of imide groups is 1. The van der Waals surface area contributed by atoms with Crippen molar-refractivity contribution in [2.45, 2.75) is 12.8 Å². The first-order valence-electron chi connectivity index (χ1n) is 7.54. The quantitative estimate of drug-likeness (QED) is 0.831. The number of fused-ring (bicyclic) bond motifs is 1. The minimum Gasteiger partial charge on any atom is -0.366 e. The highest BCUT2D eigenvalue weighted by Crippen LogP contribution is 2.23. The van der Waals surface area contributed by atoms with Gasteiger partial charge in [-0.3, -0.25) is 14.4 Å². The van der Waals surface area contributed by atoms with Crippen molar-refractivity contribution in [2.75, 3.05) is 0 Å². The smallest absolute Gasteiger partial charge is 0.333 e. The Morgan fingerprint density at radius 1 is 0.920 bits per heavy atom. The molecule has 3 rings (SSSR count). The molecule has 0 saturated carbocycles. The Kier molecular flexibility index (Phi) is 4.30. The maximum atomic E-state index is 12.1.